The molecule has 0 spiro atoms. The summed E-state index contributed by atoms with van der Waals surface area (Å²) in [7, 11) is 0. The van der Waals surface area contributed by atoms with Gasteiger partial charge in [-0.05, 0) is 44.6 Å². The molecule has 2 aromatic rings. The van der Waals surface area contributed by atoms with Crippen LogP contribution >= 0.6 is 0 Å². The molecule has 27 heavy (non-hydrogen) atoms. The predicted octanol–water partition coefficient (Wildman–Crippen LogP) is 2.76. The number of piperidine rings is 1. The molecule has 0 radical (unpaired) electrons. The number of benzene rings is 1. The number of aryl methyl sites for hydroxylation is 1. The van der Waals surface area contributed by atoms with Crippen molar-refractivity contribution in [3.63, 3.8) is 0 Å². The molecule has 1 aliphatic heterocycles. The first-order valence-corrected chi connectivity index (χ1v) is 9.79. The maximum atomic E-state index is 12.9. The molecule has 0 bridgehead atoms. The number of carbonyl (C=O) groups is 2. The van der Waals surface area contributed by atoms with Crippen LogP contribution in [-0.2, 0) is 4.79 Å². The molecule has 6 heteroatoms. The Bertz CT molecular complexity index is 823. The van der Waals surface area contributed by atoms with E-state index in [1.807, 2.05) is 31.2 Å². The van der Waals surface area contributed by atoms with Crippen molar-refractivity contribution in [3.8, 4) is 11.3 Å². The van der Waals surface area contributed by atoms with Crippen molar-refractivity contribution in [3.05, 3.63) is 41.6 Å². The van der Waals surface area contributed by atoms with Gasteiger partial charge in [-0.2, -0.15) is 5.10 Å². The van der Waals surface area contributed by atoms with Gasteiger partial charge in [0.2, 0.25) is 5.91 Å². The topological polar surface area (TPSA) is 78.1 Å². The second kappa shape index (κ2) is 7.55. The van der Waals surface area contributed by atoms with Gasteiger partial charge in [0, 0.05) is 25.2 Å². The zero-order valence-electron chi connectivity index (χ0n) is 15.7. The Morgan fingerprint density at radius 2 is 2.00 bits per heavy atom. The minimum Gasteiger partial charge on any atom is -0.356 e. The lowest BCUT2D eigenvalue weighted by Gasteiger charge is -2.31. The highest BCUT2D eigenvalue weighted by molar-refractivity contribution is 5.94. The molecule has 142 valence electrons. The molecule has 1 atom stereocenters. The maximum absolute atomic E-state index is 12.9. The second-order valence-electron chi connectivity index (χ2n) is 7.81. The van der Waals surface area contributed by atoms with Crippen molar-refractivity contribution in [2.24, 2.45) is 11.8 Å². The van der Waals surface area contributed by atoms with Gasteiger partial charge in [0.1, 0.15) is 5.69 Å². The molecule has 2 N–H and O–H groups in total. The Balaban J connectivity index is 1.39. The first kappa shape index (κ1) is 17.8. The highest BCUT2D eigenvalue weighted by Crippen LogP contribution is 2.28. The quantitative estimate of drug-likeness (QED) is 0.854. The van der Waals surface area contributed by atoms with Gasteiger partial charge in [0.15, 0.2) is 0 Å². The van der Waals surface area contributed by atoms with Crippen molar-refractivity contribution < 1.29 is 9.59 Å². The molecule has 2 fully saturated rings. The van der Waals surface area contributed by atoms with Crippen LogP contribution in [0.3, 0.4) is 0 Å². The number of nitrogens with zero attached hydrogens (tertiary/aromatic N) is 2. The Morgan fingerprint density at radius 3 is 2.74 bits per heavy atom. The standard InChI is InChI=1S/C21H26N4O2/c1-14-4-8-16(9-5-14)18-11-19(24-23-18)21(27)25-10-2-3-17(13-25)20(26)22-12-15-6-7-15/h4-5,8-9,11,15,17H,2-3,6-7,10,12-13H2,1H3,(H,22,26)(H,23,24)/t17-/m0/s1. The van der Waals surface area contributed by atoms with E-state index in [4.69, 9.17) is 0 Å². The van der Waals surface area contributed by atoms with E-state index < -0.39 is 0 Å². The van der Waals surface area contributed by atoms with Gasteiger partial charge >= 0.3 is 0 Å². The lowest BCUT2D eigenvalue weighted by Crippen LogP contribution is -2.45. The largest absolute Gasteiger partial charge is 0.356 e. The lowest BCUT2D eigenvalue weighted by atomic mass is 9.96. The summed E-state index contributed by atoms with van der Waals surface area (Å²) in [5.74, 6) is 0.561. The molecule has 1 aliphatic carbocycles. The third-order valence-corrected chi connectivity index (χ3v) is 5.50. The fourth-order valence-corrected chi connectivity index (χ4v) is 3.56. The van der Waals surface area contributed by atoms with Crippen LogP contribution in [0.15, 0.2) is 30.3 Å². The summed E-state index contributed by atoms with van der Waals surface area (Å²) in [5.41, 5.74) is 3.40. The molecule has 1 saturated carbocycles. The third kappa shape index (κ3) is 4.21. The summed E-state index contributed by atoms with van der Waals surface area (Å²) in [6.07, 6.45) is 4.14. The Kier molecular flexibility index (Phi) is 4.97. The van der Waals surface area contributed by atoms with E-state index in [0.29, 0.717) is 24.7 Å². The first-order valence-electron chi connectivity index (χ1n) is 9.79. The monoisotopic (exact) mass is 366 g/mol. The van der Waals surface area contributed by atoms with Gasteiger partial charge in [-0.3, -0.25) is 14.7 Å². The fraction of sp³-hybridized carbons (Fsp3) is 0.476. The van der Waals surface area contributed by atoms with Crippen molar-refractivity contribution in [1.82, 2.24) is 20.4 Å². The maximum Gasteiger partial charge on any atom is 0.271 e. The highest BCUT2D eigenvalue weighted by atomic mass is 16.2. The number of rotatable bonds is 5. The summed E-state index contributed by atoms with van der Waals surface area (Å²) >= 11 is 0. The fourth-order valence-electron chi connectivity index (χ4n) is 3.56. The molecule has 1 aromatic carbocycles. The van der Waals surface area contributed by atoms with Gasteiger partial charge < -0.3 is 10.2 Å². The SMILES string of the molecule is Cc1ccc(-c2cc(C(=O)N3CCC[C@H](C(=O)NCC4CC4)C3)[nH]n2)cc1. The van der Waals surface area contributed by atoms with Gasteiger partial charge in [-0.1, -0.05) is 29.8 Å². The number of nitrogens with one attached hydrogen (secondary N) is 2. The minimum absolute atomic E-state index is 0.0828. The van der Waals surface area contributed by atoms with Crippen LogP contribution < -0.4 is 5.32 Å². The van der Waals surface area contributed by atoms with Crippen LogP contribution in [0, 0.1) is 18.8 Å². The molecule has 0 unspecified atom stereocenters. The number of aromatic nitrogens is 2. The van der Waals surface area contributed by atoms with Gasteiger partial charge in [0.05, 0.1) is 11.6 Å². The Morgan fingerprint density at radius 1 is 1.22 bits per heavy atom. The zero-order chi connectivity index (χ0) is 18.8. The second-order valence-corrected chi connectivity index (χ2v) is 7.81. The van der Waals surface area contributed by atoms with Crippen LogP contribution in [0.4, 0.5) is 0 Å². The normalized spacial score (nSPS) is 19.7. The molecule has 2 amide bonds. The number of carbonyl (C=O) groups excluding carboxylic acids is 2. The first-order chi connectivity index (χ1) is 13.1. The molecule has 6 nitrogen and oxygen atoms in total. The van der Waals surface area contributed by atoms with Gasteiger partial charge in [-0.25, -0.2) is 0 Å². The summed E-state index contributed by atoms with van der Waals surface area (Å²) in [6.45, 7) is 3.99. The van der Waals surface area contributed by atoms with Gasteiger partial charge in [-0.15, -0.1) is 0 Å². The Hall–Kier alpha value is -2.63. The molecular weight excluding hydrogens is 340 g/mol. The van der Waals surface area contributed by atoms with E-state index >= 15 is 0 Å². The van der Waals surface area contributed by atoms with Crippen LogP contribution in [0.5, 0.6) is 0 Å². The number of hydrogen-bond donors (Lipinski definition) is 2. The van der Waals surface area contributed by atoms with E-state index in [9.17, 15) is 9.59 Å². The van der Waals surface area contributed by atoms with E-state index in [0.717, 1.165) is 30.6 Å². The van der Waals surface area contributed by atoms with Crippen LogP contribution in [0.1, 0.15) is 41.7 Å². The summed E-state index contributed by atoms with van der Waals surface area (Å²) in [6, 6.07) is 9.85. The van der Waals surface area contributed by atoms with E-state index in [1.165, 1.54) is 18.4 Å². The number of amides is 2. The molecule has 1 aromatic heterocycles. The van der Waals surface area contributed by atoms with Crippen molar-refractivity contribution in [2.75, 3.05) is 19.6 Å². The average Bonchev–Trinajstić information content (AvgIpc) is 3.40. The lowest BCUT2D eigenvalue weighted by molar-refractivity contribution is -0.126. The number of H-pyrrole nitrogens is 1. The average molecular weight is 366 g/mol. The molecule has 4 rings (SSSR count). The highest BCUT2D eigenvalue weighted by Gasteiger charge is 2.30. The van der Waals surface area contributed by atoms with Crippen molar-refractivity contribution >= 4 is 11.8 Å². The number of hydrogen-bond acceptors (Lipinski definition) is 3. The Labute approximate surface area is 159 Å². The zero-order valence-corrected chi connectivity index (χ0v) is 15.7. The summed E-state index contributed by atoms with van der Waals surface area (Å²) in [5, 5.41) is 10.2. The molecule has 1 saturated heterocycles. The van der Waals surface area contributed by atoms with Crippen LogP contribution in [0.2, 0.25) is 0 Å². The van der Waals surface area contributed by atoms with Gasteiger partial charge in [0.25, 0.3) is 5.91 Å². The molecule has 2 heterocycles. The smallest absolute Gasteiger partial charge is 0.271 e. The van der Waals surface area contributed by atoms with E-state index in [-0.39, 0.29) is 17.7 Å². The van der Waals surface area contributed by atoms with E-state index in [2.05, 4.69) is 15.5 Å². The van der Waals surface area contributed by atoms with Crippen LogP contribution in [0.25, 0.3) is 11.3 Å². The molecule has 2 aliphatic rings. The molecular formula is C21H26N4O2. The summed E-state index contributed by atoms with van der Waals surface area (Å²) in [4.78, 5) is 27.0. The van der Waals surface area contributed by atoms with Crippen molar-refractivity contribution in [2.45, 2.75) is 32.6 Å². The van der Waals surface area contributed by atoms with Crippen molar-refractivity contribution in [1.29, 1.82) is 0 Å². The van der Waals surface area contributed by atoms with E-state index in [1.54, 1.807) is 11.0 Å². The van der Waals surface area contributed by atoms with Crippen LogP contribution in [-0.4, -0.2) is 46.5 Å². The number of aromatic amines is 1. The minimum atomic E-state index is -0.110. The number of likely N-dealkylation sites (tertiary alicyclic amines) is 1. The third-order valence-electron chi connectivity index (χ3n) is 5.50. The summed E-state index contributed by atoms with van der Waals surface area (Å²) < 4.78 is 0. The predicted molar refractivity (Wildman–Crippen MR) is 103 cm³/mol.